The second-order valence-electron chi connectivity index (χ2n) is 5.96. The molecule has 0 atom stereocenters. The quantitative estimate of drug-likeness (QED) is 0.536. The average Bonchev–Trinajstić information content (AvgIpc) is 3.33. The molecule has 5 heteroatoms. The summed E-state index contributed by atoms with van der Waals surface area (Å²) in [6.07, 6.45) is 10.6. The molecule has 126 valence electrons. The zero-order valence-electron chi connectivity index (χ0n) is 14.2. The highest BCUT2D eigenvalue weighted by Crippen LogP contribution is 2.33. The molecule has 0 aliphatic carbocycles. The van der Waals surface area contributed by atoms with Gasteiger partial charge < -0.3 is 13.9 Å². The van der Waals surface area contributed by atoms with Gasteiger partial charge in [-0.1, -0.05) is 24.3 Å². The molecular formula is C20H20N4O. The fourth-order valence-corrected chi connectivity index (χ4v) is 3.22. The minimum absolute atomic E-state index is 0.887. The van der Waals surface area contributed by atoms with Gasteiger partial charge in [0.2, 0.25) is 0 Å². The van der Waals surface area contributed by atoms with E-state index >= 15 is 0 Å². The molecule has 0 saturated carbocycles. The van der Waals surface area contributed by atoms with Crippen LogP contribution < -0.4 is 4.74 Å². The van der Waals surface area contributed by atoms with Crippen LogP contribution in [0.15, 0.2) is 67.5 Å². The van der Waals surface area contributed by atoms with Crippen molar-refractivity contribution in [2.75, 3.05) is 7.11 Å². The highest BCUT2D eigenvalue weighted by Gasteiger charge is 2.12. The Balaban J connectivity index is 1.65. The minimum atomic E-state index is 0.887. The van der Waals surface area contributed by atoms with Crippen molar-refractivity contribution >= 4 is 10.8 Å². The van der Waals surface area contributed by atoms with Gasteiger partial charge >= 0.3 is 0 Å². The van der Waals surface area contributed by atoms with E-state index < -0.39 is 0 Å². The van der Waals surface area contributed by atoms with Crippen LogP contribution in [0.5, 0.6) is 5.75 Å². The van der Waals surface area contributed by atoms with Gasteiger partial charge in [0.1, 0.15) is 11.6 Å². The summed E-state index contributed by atoms with van der Waals surface area (Å²) in [6, 6.07) is 12.4. The van der Waals surface area contributed by atoms with Gasteiger partial charge in [-0.15, -0.1) is 0 Å². The van der Waals surface area contributed by atoms with Crippen molar-refractivity contribution < 1.29 is 4.74 Å². The number of aromatic nitrogens is 4. The van der Waals surface area contributed by atoms with Gasteiger partial charge in [0, 0.05) is 48.8 Å². The molecule has 2 heterocycles. The van der Waals surface area contributed by atoms with Gasteiger partial charge in [-0.3, -0.25) is 0 Å². The van der Waals surface area contributed by atoms with E-state index in [0.29, 0.717) is 0 Å². The van der Waals surface area contributed by atoms with E-state index in [0.717, 1.165) is 47.4 Å². The maximum Gasteiger partial charge on any atom is 0.140 e. The van der Waals surface area contributed by atoms with Gasteiger partial charge in [-0.05, 0) is 23.9 Å². The fourth-order valence-electron chi connectivity index (χ4n) is 3.22. The molecule has 2 aromatic heterocycles. The molecule has 0 amide bonds. The van der Waals surface area contributed by atoms with Gasteiger partial charge in [-0.25, -0.2) is 9.97 Å². The van der Waals surface area contributed by atoms with Crippen LogP contribution in [-0.4, -0.2) is 26.2 Å². The highest BCUT2D eigenvalue weighted by molar-refractivity contribution is 5.98. The zero-order chi connectivity index (χ0) is 17.1. The summed E-state index contributed by atoms with van der Waals surface area (Å²) in [7, 11) is 1.71. The lowest BCUT2D eigenvalue weighted by Crippen LogP contribution is -2.04. The zero-order valence-corrected chi connectivity index (χ0v) is 14.2. The largest absolute Gasteiger partial charge is 0.496 e. The molecule has 0 spiro atoms. The van der Waals surface area contributed by atoms with Gasteiger partial charge in [-0.2, -0.15) is 0 Å². The summed E-state index contributed by atoms with van der Waals surface area (Å²) in [4.78, 5) is 8.70. The summed E-state index contributed by atoms with van der Waals surface area (Å²) < 4.78 is 9.81. The van der Waals surface area contributed by atoms with Crippen LogP contribution in [0.3, 0.4) is 0 Å². The van der Waals surface area contributed by atoms with Crippen LogP contribution in [0.4, 0.5) is 0 Å². The number of hydrogen-bond donors (Lipinski definition) is 0. The Morgan fingerprint density at radius 1 is 0.960 bits per heavy atom. The van der Waals surface area contributed by atoms with Crippen LogP contribution in [0.1, 0.15) is 6.42 Å². The summed E-state index contributed by atoms with van der Waals surface area (Å²) in [5.41, 5.74) is 1.13. The van der Waals surface area contributed by atoms with Gasteiger partial charge in [0.05, 0.1) is 13.4 Å². The maximum absolute atomic E-state index is 5.50. The molecule has 0 bridgehead atoms. The molecule has 5 nitrogen and oxygen atoms in total. The normalized spacial score (nSPS) is 11.1. The third kappa shape index (κ3) is 3.01. The monoisotopic (exact) mass is 332 g/mol. The van der Waals surface area contributed by atoms with Crippen molar-refractivity contribution in [3.63, 3.8) is 0 Å². The molecule has 0 aliphatic rings. The molecule has 4 rings (SSSR count). The lowest BCUT2D eigenvalue weighted by Gasteiger charge is -2.12. The molecule has 2 aromatic carbocycles. The molecule has 0 fully saturated rings. The van der Waals surface area contributed by atoms with E-state index in [2.05, 4.69) is 43.4 Å². The Labute approximate surface area is 146 Å². The van der Waals surface area contributed by atoms with Crippen LogP contribution in [0.25, 0.3) is 22.2 Å². The minimum Gasteiger partial charge on any atom is -0.496 e. The number of ether oxygens (including phenoxy) is 1. The summed E-state index contributed by atoms with van der Waals surface area (Å²) in [6.45, 7) is 1.86. The predicted molar refractivity (Wildman–Crippen MR) is 98.6 cm³/mol. The molecule has 25 heavy (non-hydrogen) atoms. The third-order valence-corrected chi connectivity index (χ3v) is 4.43. The Bertz CT molecular complexity index is 972. The highest BCUT2D eigenvalue weighted by atomic mass is 16.5. The number of fused-ring (bicyclic) bond motifs is 1. The van der Waals surface area contributed by atoms with Crippen molar-refractivity contribution in [2.24, 2.45) is 0 Å². The van der Waals surface area contributed by atoms with Crippen molar-refractivity contribution in [1.29, 1.82) is 0 Å². The molecule has 0 saturated heterocycles. The Morgan fingerprint density at radius 2 is 1.84 bits per heavy atom. The average molecular weight is 332 g/mol. The Hall–Kier alpha value is -3.08. The van der Waals surface area contributed by atoms with E-state index in [9.17, 15) is 0 Å². The van der Waals surface area contributed by atoms with E-state index in [-0.39, 0.29) is 0 Å². The van der Waals surface area contributed by atoms with E-state index in [1.54, 1.807) is 7.11 Å². The lowest BCUT2D eigenvalue weighted by molar-refractivity contribution is 0.420. The van der Waals surface area contributed by atoms with Crippen molar-refractivity contribution in [3.8, 4) is 17.1 Å². The topological polar surface area (TPSA) is 44.9 Å². The number of hydrogen-bond acceptors (Lipinski definition) is 3. The van der Waals surface area contributed by atoms with Gasteiger partial charge in [0.25, 0.3) is 0 Å². The predicted octanol–water partition coefficient (Wildman–Crippen LogP) is 4.00. The second-order valence-corrected chi connectivity index (χ2v) is 5.96. The molecule has 0 N–H and O–H groups in total. The third-order valence-electron chi connectivity index (χ3n) is 4.43. The number of methoxy groups -OCH3 is 1. The standard InChI is InChI=1S/C20H20N4O/c1-25-19-8-7-18(16-5-2-3-6-17(16)19)20-22-10-14-24(20)12-4-11-23-13-9-21-15-23/h2-3,5-10,13-15H,4,11-12H2,1H3. The Morgan fingerprint density at radius 3 is 2.64 bits per heavy atom. The molecule has 0 radical (unpaired) electrons. The number of nitrogens with zero attached hydrogens (tertiary/aromatic N) is 4. The summed E-state index contributed by atoms with van der Waals surface area (Å²) >= 11 is 0. The summed E-state index contributed by atoms with van der Waals surface area (Å²) in [5, 5.41) is 2.26. The van der Waals surface area contributed by atoms with Gasteiger partial charge in [0.15, 0.2) is 0 Å². The van der Waals surface area contributed by atoms with Crippen LogP contribution >= 0.6 is 0 Å². The summed E-state index contributed by atoms with van der Waals surface area (Å²) in [5.74, 6) is 1.88. The smallest absolute Gasteiger partial charge is 0.140 e. The first-order valence-corrected chi connectivity index (χ1v) is 8.40. The van der Waals surface area contributed by atoms with E-state index in [4.69, 9.17) is 4.74 Å². The van der Waals surface area contributed by atoms with Crippen LogP contribution in [0, 0.1) is 0 Å². The van der Waals surface area contributed by atoms with E-state index in [1.807, 2.05) is 43.2 Å². The van der Waals surface area contributed by atoms with Crippen molar-refractivity contribution in [3.05, 3.63) is 67.5 Å². The lowest BCUT2D eigenvalue weighted by atomic mass is 10.0. The van der Waals surface area contributed by atoms with Crippen molar-refractivity contribution in [1.82, 2.24) is 19.1 Å². The first kappa shape index (κ1) is 15.4. The van der Waals surface area contributed by atoms with Crippen LogP contribution in [-0.2, 0) is 13.1 Å². The first-order valence-electron chi connectivity index (χ1n) is 8.40. The number of rotatable bonds is 6. The molecular weight excluding hydrogens is 312 g/mol. The number of imidazole rings is 2. The Kier molecular flexibility index (Phi) is 4.21. The molecule has 4 aromatic rings. The van der Waals surface area contributed by atoms with Crippen molar-refractivity contribution in [2.45, 2.75) is 19.5 Å². The first-order chi connectivity index (χ1) is 12.4. The molecule has 0 unspecified atom stereocenters. The number of aryl methyl sites for hydroxylation is 2. The molecule has 0 aliphatic heterocycles. The number of benzene rings is 2. The fraction of sp³-hybridized carbons (Fsp3) is 0.200. The second kappa shape index (κ2) is 6.81. The maximum atomic E-state index is 5.50. The SMILES string of the molecule is COc1ccc(-c2nccn2CCCn2ccnc2)c2ccccc12. The van der Waals surface area contributed by atoms with E-state index in [1.165, 1.54) is 0 Å². The van der Waals surface area contributed by atoms with Crippen LogP contribution in [0.2, 0.25) is 0 Å².